The van der Waals surface area contributed by atoms with E-state index in [0.717, 1.165) is 38.5 Å². The Morgan fingerprint density at radius 2 is 1.12 bits per heavy atom. The molecule has 1 aromatic rings. The van der Waals surface area contributed by atoms with Crippen LogP contribution in [0.5, 0.6) is 11.5 Å². The lowest BCUT2D eigenvalue weighted by atomic mass is 9.87. The van der Waals surface area contributed by atoms with E-state index >= 15 is 0 Å². The van der Waals surface area contributed by atoms with Crippen LogP contribution in [0.25, 0.3) is 0 Å². The van der Waals surface area contributed by atoms with Gasteiger partial charge in [-0.2, -0.15) is 5.26 Å². The molecule has 0 N–H and O–H groups in total. The van der Waals surface area contributed by atoms with Gasteiger partial charge in [0.2, 0.25) is 0 Å². The first-order valence-electron chi connectivity index (χ1n) is 14.8. The molecule has 0 saturated carbocycles. The summed E-state index contributed by atoms with van der Waals surface area (Å²) in [7, 11) is 0. The molecule has 40 heavy (non-hydrogen) atoms. The first-order chi connectivity index (χ1) is 19.1. The highest BCUT2D eigenvalue weighted by molar-refractivity contribution is 8.24. The zero-order chi connectivity index (χ0) is 29.5. The molecule has 1 aliphatic heterocycles. The number of nitriles is 1. The summed E-state index contributed by atoms with van der Waals surface area (Å²) in [4.78, 5) is 39.5. The third kappa shape index (κ3) is 11.0. The molecule has 1 aromatic carbocycles. The van der Waals surface area contributed by atoms with Gasteiger partial charge in [-0.05, 0) is 25.0 Å². The summed E-state index contributed by atoms with van der Waals surface area (Å²) < 4.78 is 12.0. The van der Waals surface area contributed by atoms with Crippen molar-refractivity contribution < 1.29 is 23.9 Å². The van der Waals surface area contributed by atoms with Gasteiger partial charge in [-0.1, -0.05) is 122 Å². The molecule has 1 aliphatic rings. The minimum absolute atomic E-state index is 0.0624. The van der Waals surface area contributed by atoms with E-state index in [1.807, 2.05) is 0 Å². The molecular weight excluding hydrogens is 542 g/mol. The molecule has 2 rings (SSSR count). The number of ketones is 1. The highest BCUT2D eigenvalue weighted by Crippen LogP contribution is 2.59. The van der Waals surface area contributed by atoms with Gasteiger partial charge in [0.25, 0.3) is 0 Å². The zero-order valence-corrected chi connectivity index (χ0v) is 26.5. The predicted octanol–water partition coefficient (Wildman–Crippen LogP) is 9.55. The number of rotatable bonds is 17. The maximum atomic E-state index is 13.0. The number of fused-ring (bicyclic) bond motifs is 1. The minimum Gasteiger partial charge on any atom is -0.425 e. The lowest BCUT2D eigenvalue weighted by Crippen LogP contribution is -2.21. The number of nitrogens with zero attached hydrogens (tertiary/aromatic N) is 1. The maximum absolute atomic E-state index is 13.0. The lowest BCUT2D eigenvalue weighted by Gasteiger charge is -2.16. The van der Waals surface area contributed by atoms with E-state index in [1.165, 1.54) is 62.0 Å². The van der Waals surface area contributed by atoms with Crippen molar-refractivity contribution in [2.75, 3.05) is 0 Å². The number of benzene rings is 1. The fraction of sp³-hybridized carbons (Fsp3) is 0.625. The first kappa shape index (κ1) is 34.0. The van der Waals surface area contributed by atoms with Crippen LogP contribution >= 0.6 is 23.5 Å². The van der Waals surface area contributed by atoms with Crippen LogP contribution in [0.4, 0.5) is 0 Å². The molecule has 0 unspecified atom stereocenters. The fourth-order valence-electron chi connectivity index (χ4n) is 4.20. The van der Waals surface area contributed by atoms with Crippen LogP contribution in [0.2, 0.25) is 0 Å². The quantitative estimate of drug-likeness (QED) is 0.0585. The Balaban J connectivity index is 2.20. The van der Waals surface area contributed by atoms with Gasteiger partial charge >= 0.3 is 11.9 Å². The number of carbonyl (C=O) groups excluding carboxylic acids is 3. The number of allylic oxidation sites excluding steroid dienone is 1. The average molecular weight is 588 g/mol. The van der Waals surface area contributed by atoms with Crippen LogP contribution in [0.15, 0.2) is 31.7 Å². The van der Waals surface area contributed by atoms with Crippen molar-refractivity contribution in [1.82, 2.24) is 0 Å². The molecule has 8 heteroatoms. The minimum atomic E-state index is -0.729. The van der Waals surface area contributed by atoms with Gasteiger partial charge < -0.3 is 9.47 Å². The average Bonchev–Trinajstić information content (AvgIpc) is 3.35. The maximum Gasteiger partial charge on any atom is 0.311 e. The summed E-state index contributed by atoms with van der Waals surface area (Å²) in [5.41, 5.74) is -0.667. The SMILES string of the molecule is CCCCCCCCC(=O)Oc1ccc(OC(=O)CCCCCCCC)c2c1SC(=C(C#N)C(=O)C(C)(C)C)S2. The molecule has 0 radical (unpaired) electrons. The van der Waals surface area contributed by atoms with E-state index in [2.05, 4.69) is 19.9 Å². The van der Waals surface area contributed by atoms with Gasteiger partial charge in [-0.25, -0.2) is 0 Å². The molecule has 1 heterocycles. The normalized spacial score (nSPS) is 12.6. The Kier molecular flexibility index (Phi) is 14.9. The first-order valence-corrected chi connectivity index (χ1v) is 16.4. The smallest absolute Gasteiger partial charge is 0.311 e. The van der Waals surface area contributed by atoms with Crippen molar-refractivity contribution >= 4 is 41.2 Å². The number of Topliss-reactive ketones (excluding diaryl/α,β-unsaturated/α-hetero) is 1. The third-order valence-corrected chi connectivity index (χ3v) is 9.20. The lowest BCUT2D eigenvalue weighted by molar-refractivity contribution is -0.136. The summed E-state index contributed by atoms with van der Waals surface area (Å²) in [6.07, 6.45) is 13.5. The van der Waals surface area contributed by atoms with E-state index in [0.29, 0.717) is 38.4 Å². The van der Waals surface area contributed by atoms with Crippen LogP contribution in [0.1, 0.15) is 125 Å². The van der Waals surface area contributed by atoms with Crippen LogP contribution < -0.4 is 9.47 Å². The summed E-state index contributed by atoms with van der Waals surface area (Å²) >= 11 is 2.44. The Morgan fingerprint density at radius 3 is 1.50 bits per heavy atom. The Morgan fingerprint density at radius 1 is 0.725 bits per heavy atom. The van der Waals surface area contributed by atoms with E-state index in [-0.39, 0.29) is 23.3 Å². The molecule has 220 valence electrons. The zero-order valence-electron chi connectivity index (χ0n) is 24.9. The highest BCUT2D eigenvalue weighted by Gasteiger charge is 2.34. The Hall–Kier alpha value is -2.24. The van der Waals surface area contributed by atoms with Gasteiger partial charge in [0, 0.05) is 18.3 Å². The van der Waals surface area contributed by atoms with Crippen molar-refractivity contribution in [2.24, 2.45) is 5.41 Å². The van der Waals surface area contributed by atoms with Gasteiger partial charge in [-0.15, -0.1) is 0 Å². The number of unbranched alkanes of at least 4 members (excludes halogenated alkanes) is 10. The standard InChI is InChI=1S/C32H45NO5S2/c1-6-8-10-12-14-16-18-26(34)37-24-20-21-25(38-27(35)19-17-15-13-11-9-7-2)29-28(24)39-31(40-29)23(22-33)30(36)32(3,4)5/h20-21H,6-19H2,1-5H3. The number of hydrogen-bond acceptors (Lipinski definition) is 8. The van der Waals surface area contributed by atoms with E-state index in [9.17, 15) is 19.6 Å². The third-order valence-electron chi connectivity index (χ3n) is 6.57. The molecule has 0 aliphatic carbocycles. The molecule has 0 amide bonds. The van der Waals surface area contributed by atoms with Gasteiger partial charge in [0.15, 0.2) is 5.78 Å². The van der Waals surface area contributed by atoms with Crippen molar-refractivity contribution in [2.45, 2.75) is 134 Å². The second-order valence-corrected chi connectivity index (χ2v) is 13.6. The molecule has 0 bridgehead atoms. The van der Waals surface area contributed by atoms with E-state index in [4.69, 9.17) is 9.47 Å². The topological polar surface area (TPSA) is 93.5 Å². The Bertz CT molecular complexity index is 1040. The number of hydrogen-bond donors (Lipinski definition) is 0. The van der Waals surface area contributed by atoms with Crippen molar-refractivity contribution in [3.05, 3.63) is 21.9 Å². The summed E-state index contributed by atoms with van der Waals surface area (Å²) in [5.74, 6) is -0.190. The van der Waals surface area contributed by atoms with Crippen molar-refractivity contribution in [1.29, 1.82) is 5.26 Å². The molecule has 0 saturated heterocycles. The van der Waals surface area contributed by atoms with E-state index < -0.39 is 5.41 Å². The van der Waals surface area contributed by atoms with Crippen LogP contribution in [0, 0.1) is 16.7 Å². The molecule has 0 atom stereocenters. The number of ether oxygens (including phenoxy) is 2. The summed E-state index contributed by atoms with van der Waals surface area (Å²) in [6, 6.07) is 5.35. The van der Waals surface area contributed by atoms with Gasteiger partial charge in [0.05, 0.1) is 14.0 Å². The number of carbonyl (C=O) groups is 3. The predicted molar refractivity (Wildman–Crippen MR) is 163 cm³/mol. The van der Waals surface area contributed by atoms with Gasteiger partial charge in [-0.3, -0.25) is 14.4 Å². The summed E-state index contributed by atoms with van der Waals surface area (Å²) in [6.45, 7) is 9.67. The summed E-state index contributed by atoms with van der Waals surface area (Å²) in [5, 5.41) is 9.85. The largest absolute Gasteiger partial charge is 0.425 e. The molecule has 6 nitrogen and oxygen atoms in total. The van der Waals surface area contributed by atoms with Crippen LogP contribution in [-0.4, -0.2) is 17.7 Å². The van der Waals surface area contributed by atoms with Crippen molar-refractivity contribution in [3.63, 3.8) is 0 Å². The Labute approximate surface area is 249 Å². The number of thioether (sulfide) groups is 2. The second-order valence-electron chi connectivity index (χ2n) is 11.3. The molecule has 0 aromatic heterocycles. The fourth-order valence-corrected chi connectivity index (χ4v) is 6.78. The molecule has 0 fully saturated rings. The van der Waals surface area contributed by atoms with Gasteiger partial charge in [0.1, 0.15) is 23.1 Å². The number of esters is 2. The molecular formula is C32H45NO5S2. The monoisotopic (exact) mass is 587 g/mol. The van der Waals surface area contributed by atoms with Crippen LogP contribution in [0.3, 0.4) is 0 Å². The second kappa shape index (κ2) is 17.5. The van der Waals surface area contributed by atoms with Crippen LogP contribution in [-0.2, 0) is 14.4 Å². The van der Waals surface area contributed by atoms with E-state index in [1.54, 1.807) is 32.9 Å². The molecule has 0 spiro atoms. The van der Waals surface area contributed by atoms with Crippen molar-refractivity contribution in [3.8, 4) is 17.6 Å². The highest BCUT2D eigenvalue weighted by atomic mass is 32.2.